The lowest BCUT2D eigenvalue weighted by atomic mass is 10.1. The third-order valence-electron chi connectivity index (χ3n) is 4.43. The number of hydrogen-bond acceptors (Lipinski definition) is 3. The van der Waals surface area contributed by atoms with E-state index in [2.05, 4.69) is 31.4 Å². The van der Waals surface area contributed by atoms with Gasteiger partial charge in [-0.3, -0.25) is 14.2 Å². The molecule has 142 valence electrons. The van der Waals surface area contributed by atoms with E-state index in [1.54, 1.807) is 16.9 Å². The van der Waals surface area contributed by atoms with E-state index < -0.39 is 0 Å². The van der Waals surface area contributed by atoms with E-state index in [4.69, 9.17) is 11.6 Å². The molecule has 2 aromatic heterocycles. The number of hydrogen-bond donors (Lipinski definition) is 1. The maximum absolute atomic E-state index is 12.6. The number of carbonyl (C=O) groups is 1. The second-order valence-corrected chi connectivity index (χ2v) is 7.48. The van der Waals surface area contributed by atoms with Crippen LogP contribution in [0.3, 0.4) is 0 Å². The summed E-state index contributed by atoms with van der Waals surface area (Å²) in [6.45, 7) is 7.60. The second kappa shape index (κ2) is 8.27. The number of nitrogens with zero attached hydrogens (tertiary/aromatic N) is 4. The summed E-state index contributed by atoms with van der Waals surface area (Å²) in [5.41, 5.74) is 4.43. The van der Waals surface area contributed by atoms with Gasteiger partial charge in [-0.2, -0.15) is 10.2 Å². The van der Waals surface area contributed by atoms with Crippen LogP contribution >= 0.6 is 27.5 Å². The smallest absolute Gasteiger partial charge is 0.251 e. The molecule has 1 aromatic carbocycles. The Labute approximate surface area is 171 Å². The first-order valence-electron chi connectivity index (χ1n) is 8.67. The highest BCUT2D eigenvalue weighted by Gasteiger charge is 2.13. The number of aromatic nitrogens is 4. The Morgan fingerprint density at radius 1 is 1.30 bits per heavy atom. The molecule has 0 aliphatic carbocycles. The molecule has 0 spiro atoms. The predicted octanol–water partition coefficient (Wildman–Crippen LogP) is 4.11. The molecule has 0 radical (unpaired) electrons. The van der Waals surface area contributed by atoms with E-state index in [1.165, 1.54) is 0 Å². The average molecular weight is 451 g/mol. The number of halogens is 2. The van der Waals surface area contributed by atoms with Gasteiger partial charge >= 0.3 is 0 Å². The van der Waals surface area contributed by atoms with Crippen LogP contribution in [0.1, 0.15) is 39.9 Å². The van der Waals surface area contributed by atoms with Crippen molar-refractivity contribution in [1.29, 1.82) is 0 Å². The number of benzene rings is 1. The number of amides is 1. The molecule has 1 amide bonds. The molecule has 0 fully saturated rings. The van der Waals surface area contributed by atoms with Crippen LogP contribution in [0.2, 0.25) is 5.02 Å². The third kappa shape index (κ3) is 4.25. The number of carbonyl (C=O) groups excluding carboxylic acids is 1. The van der Waals surface area contributed by atoms with Crippen LogP contribution in [0, 0.1) is 13.8 Å². The molecule has 0 saturated carbocycles. The van der Waals surface area contributed by atoms with Gasteiger partial charge in [-0.15, -0.1) is 0 Å². The normalized spacial score (nSPS) is 11.0. The van der Waals surface area contributed by atoms with E-state index in [9.17, 15) is 4.79 Å². The van der Waals surface area contributed by atoms with Crippen LogP contribution in [0.5, 0.6) is 0 Å². The highest BCUT2D eigenvalue weighted by Crippen LogP contribution is 2.21. The molecule has 6 nitrogen and oxygen atoms in total. The van der Waals surface area contributed by atoms with Gasteiger partial charge in [0.1, 0.15) is 0 Å². The molecule has 0 aliphatic heterocycles. The lowest BCUT2D eigenvalue weighted by Gasteiger charge is -2.10. The molecule has 3 aromatic rings. The molecule has 0 bridgehead atoms. The zero-order valence-corrected chi connectivity index (χ0v) is 17.8. The summed E-state index contributed by atoms with van der Waals surface area (Å²) in [5.74, 6) is -0.147. The first kappa shape index (κ1) is 19.6. The Bertz CT molecular complexity index is 979. The van der Waals surface area contributed by atoms with Crippen molar-refractivity contribution in [1.82, 2.24) is 24.9 Å². The van der Waals surface area contributed by atoms with Crippen molar-refractivity contribution in [3.63, 3.8) is 0 Å². The standard InChI is InChI=1S/C19H21BrClN5O/c1-4-25-17(16(21)9-23-25)10-22-19(27)15-7-5-6-14(8-15)11-26-13(3)18(20)12(2)24-26/h5-9H,4,10-11H2,1-3H3,(H,22,27). The van der Waals surface area contributed by atoms with Crippen LogP contribution in [-0.4, -0.2) is 25.5 Å². The Morgan fingerprint density at radius 3 is 2.74 bits per heavy atom. The van der Waals surface area contributed by atoms with Gasteiger partial charge in [-0.05, 0) is 54.4 Å². The first-order chi connectivity index (χ1) is 12.9. The number of aryl methyl sites for hydroxylation is 2. The Hall–Kier alpha value is -2.12. The van der Waals surface area contributed by atoms with E-state index in [-0.39, 0.29) is 5.91 Å². The molecule has 27 heavy (non-hydrogen) atoms. The average Bonchev–Trinajstić information content (AvgIpc) is 3.14. The monoisotopic (exact) mass is 449 g/mol. The van der Waals surface area contributed by atoms with Crippen LogP contribution in [0.15, 0.2) is 34.9 Å². The van der Waals surface area contributed by atoms with Gasteiger partial charge < -0.3 is 5.32 Å². The van der Waals surface area contributed by atoms with Gasteiger partial charge in [0.25, 0.3) is 5.91 Å². The molecule has 0 aliphatic rings. The summed E-state index contributed by atoms with van der Waals surface area (Å²) in [7, 11) is 0. The Kier molecular flexibility index (Phi) is 6.01. The Morgan fingerprint density at radius 2 is 2.07 bits per heavy atom. The topological polar surface area (TPSA) is 64.7 Å². The fraction of sp³-hybridized carbons (Fsp3) is 0.316. The largest absolute Gasteiger partial charge is 0.346 e. The van der Waals surface area contributed by atoms with Gasteiger partial charge in [0, 0.05) is 12.1 Å². The minimum atomic E-state index is -0.147. The summed E-state index contributed by atoms with van der Waals surface area (Å²) in [6.07, 6.45) is 1.60. The molecule has 8 heteroatoms. The maximum Gasteiger partial charge on any atom is 0.251 e. The van der Waals surface area contributed by atoms with Crippen molar-refractivity contribution >= 4 is 33.4 Å². The van der Waals surface area contributed by atoms with Crippen molar-refractivity contribution in [2.45, 2.75) is 40.4 Å². The van der Waals surface area contributed by atoms with Gasteiger partial charge in [0.15, 0.2) is 0 Å². The quantitative estimate of drug-likeness (QED) is 0.614. The Balaban J connectivity index is 1.72. The van der Waals surface area contributed by atoms with Crippen molar-refractivity contribution in [3.05, 3.63) is 68.2 Å². The van der Waals surface area contributed by atoms with Crippen molar-refractivity contribution < 1.29 is 4.79 Å². The predicted molar refractivity (Wildman–Crippen MR) is 109 cm³/mol. The highest BCUT2D eigenvalue weighted by molar-refractivity contribution is 9.10. The SMILES string of the molecule is CCn1ncc(Cl)c1CNC(=O)c1cccc(Cn2nc(C)c(Br)c2C)c1. The molecule has 0 saturated heterocycles. The van der Waals surface area contributed by atoms with E-state index >= 15 is 0 Å². The molecule has 0 atom stereocenters. The van der Waals surface area contributed by atoms with Gasteiger partial charge in [-0.25, -0.2) is 0 Å². The fourth-order valence-corrected chi connectivity index (χ4v) is 3.41. The molecule has 0 unspecified atom stereocenters. The fourth-order valence-electron chi connectivity index (χ4n) is 2.92. The highest BCUT2D eigenvalue weighted by atomic mass is 79.9. The van der Waals surface area contributed by atoms with E-state index in [0.29, 0.717) is 30.2 Å². The van der Waals surface area contributed by atoms with E-state index in [0.717, 1.165) is 27.1 Å². The zero-order chi connectivity index (χ0) is 19.6. The molecular formula is C19H21BrClN5O. The summed E-state index contributed by atoms with van der Waals surface area (Å²) in [5, 5.41) is 12.2. The lowest BCUT2D eigenvalue weighted by Crippen LogP contribution is -2.24. The van der Waals surface area contributed by atoms with Crippen molar-refractivity contribution in [2.24, 2.45) is 0 Å². The maximum atomic E-state index is 12.6. The lowest BCUT2D eigenvalue weighted by molar-refractivity contribution is 0.0950. The third-order valence-corrected chi connectivity index (χ3v) is 5.89. The summed E-state index contributed by atoms with van der Waals surface area (Å²) in [4.78, 5) is 12.6. The van der Waals surface area contributed by atoms with Gasteiger partial charge in [-0.1, -0.05) is 23.7 Å². The second-order valence-electron chi connectivity index (χ2n) is 6.28. The molecular weight excluding hydrogens is 430 g/mol. The van der Waals surface area contributed by atoms with Crippen LogP contribution in [0.4, 0.5) is 0 Å². The number of rotatable bonds is 6. The molecule has 2 heterocycles. The van der Waals surface area contributed by atoms with Crippen molar-refractivity contribution in [2.75, 3.05) is 0 Å². The van der Waals surface area contributed by atoms with Crippen LogP contribution < -0.4 is 5.32 Å². The van der Waals surface area contributed by atoms with Crippen LogP contribution in [0.25, 0.3) is 0 Å². The first-order valence-corrected chi connectivity index (χ1v) is 9.84. The summed E-state index contributed by atoms with van der Waals surface area (Å²) >= 11 is 9.69. The summed E-state index contributed by atoms with van der Waals surface area (Å²) < 4.78 is 4.72. The zero-order valence-electron chi connectivity index (χ0n) is 15.5. The number of nitrogens with one attached hydrogen (secondary N) is 1. The van der Waals surface area contributed by atoms with Gasteiger partial charge in [0.05, 0.1) is 45.9 Å². The summed E-state index contributed by atoms with van der Waals surface area (Å²) in [6, 6.07) is 7.56. The minimum Gasteiger partial charge on any atom is -0.346 e. The molecule has 1 N–H and O–H groups in total. The van der Waals surface area contributed by atoms with Crippen molar-refractivity contribution in [3.8, 4) is 0 Å². The minimum absolute atomic E-state index is 0.147. The van der Waals surface area contributed by atoms with Crippen LogP contribution in [-0.2, 0) is 19.6 Å². The van der Waals surface area contributed by atoms with Gasteiger partial charge in [0.2, 0.25) is 0 Å². The molecule has 3 rings (SSSR count). The van der Waals surface area contributed by atoms with E-state index in [1.807, 2.05) is 43.7 Å².